The minimum Gasteiger partial charge on any atom is -0.508 e. The number of aryl methyl sites for hydroxylation is 1. The van der Waals surface area contributed by atoms with Crippen LogP contribution in [0.3, 0.4) is 0 Å². The van der Waals surface area contributed by atoms with Crippen molar-refractivity contribution >= 4 is 36.7 Å². The second kappa shape index (κ2) is 25.3. The van der Waals surface area contributed by atoms with Crippen LogP contribution in [0, 0.1) is 0 Å². The van der Waals surface area contributed by atoms with Crippen LogP contribution in [0.25, 0.3) is 11.1 Å². The van der Waals surface area contributed by atoms with Crippen LogP contribution in [0.5, 0.6) is 5.75 Å². The highest BCUT2D eigenvalue weighted by molar-refractivity contribution is 6.43. The number of likely N-dealkylation sites (N-methyl/N-ethyl adjacent to an activating group) is 1. The topological polar surface area (TPSA) is 301 Å². The number of carbonyl (C=O) groups is 5. The van der Waals surface area contributed by atoms with Crippen molar-refractivity contribution in [3.63, 3.8) is 0 Å². The maximum absolute atomic E-state index is 14.3. The number of nitrogens with zero attached hydrogens (tertiary/aromatic N) is 1. The maximum Gasteiger partial charge on any atom is 0.490 e. The zero-order valence-electron chi connectivity index (χ0n) is 34.5. The van der Waals surface area contributed by atoms with Gasteiger partial charge in [0, 0.05) is 19.0 Å². The third kappa shape index (κ3) is 15.7. The van der Waals surface area contributed by atoms with Crippen LogP contribution in [0.2, 0.25) is 0 Å². The van der Waals surface area contributed by atoms with Gasteiger partial charge >= 0.3 is 7.12 Å². The van der Waals surface area contributed by atoms with Gasteiger partial charge in [-0.2, -0.15) is 0 Å². The molecule has 17 nitrogen and oxygen atoms in total. The first-order valence-electron chi connectivity index (χ1n) is 20.4. The number of phenolic OH excluding ortho intramolecular Hbond substituents is 1. The highest BCUT2D eigenvalue weighted by atomic mass is 16.4. The van der Waals surface area contributed by atoms with Gasteiger partial charge in [-0.3, -0.25) is 24.0 Å². The van der Waals surface area contributed by atoms with Crippen molar-refractivity contribution in [3.05, 3.63) is 89.5 Å². The van der Waals surface area contributed by atoms with Crippen molar-refractivity contribution in [2.45, 2.75) is 101 Å². The van der Waals surface area contributed by atoms with E-state index in [4.69, 9.17) is 22.9 Å². The quantitative estimate of drug-likeness (QED) is 0.0309. The number of hydrogen-bond acceptors (Lipinski definition) is 12. The van der Waals surface area contributed by atoms with Gasteiger partial charge < -0.3 is 64.3 Å². The van der Waals surface area contributed by atoms with Crippen LogP contribution < -0.4 is 44.2 Å². The van der Waals surface area contributed by atoms with Crippen LogP contribution >= 0.6 is 0 Å². The van der Waals surface area contributed by atoms with Crippen molar-refractivity contribution < 1.29 is 39.1 Å². The molecule has 0 spiro atoms. The number of phenols is 1. The average molecular weight is 832 g/mol. The summed E-state index contributed by atoms with van der Waals surface area (Å²) in [5.41, 5.74) is 27.1. The van der Waals surface area contributed by atoms with E-state index in [0.29, 0.717) is 49.9 Å². The summed E-state index contributed by atoms with van der Waals surface area (Å²) in [5, 5.41) is 38.5. The third-order valence-electron chi connectivity index (χ3n) is 10.1. The van der Waals surface area contributed by atoms with Gasteiger partial charge in [-0.05, 0) is 111 Å². The zero-order valence-corrected chi connectivity index (χ0v) is 34.5. The lowest BCUT2D eigenvalue weighted by Gasteiger charge is -2.32. The molecule has 0 aliphatic carbocycles. The predicted molar refractivity (Wildman–Crippen MR) is 230 cm³/mol. The Morgan fingerprint density at radius 1 is 0.667 bits per heavy atom. The lowest BCUT2D eigenvalue weighted by Crippen LogP contribution is -2.62. The van der Waals surface area contributed by atoms with E-state index >= 15 is 0 Å². The fourth-order valence-electron chi connectivity index (χ4n) is 6.39. The number of aromatic hydroxyl groups is 1. The molecule has 0 heterocycles. The first-order valence-corrected chi connectivity index (χ1v) is 20.4. The predicted octanol–water partition coefficient (Wildman–Crippen LogP) is 0.127. The number of rotatable bonds is 25. The molecular formula is C42H62BN9O8. The van der Waals surface area contributed by atoms with Crippen molar-refractivity contribution in [3.8, 4) is 16.9 Å². The molecule has 0 radical (unpaired) electrons. The van der Waals surface area contributed by atoms with Gasteiger partial charge in [-0.25, -0.2) is 0 Å². The molecule has 0 bridgehead atoms. The van der Waals surface area contributed by atoms with E-state index in [1.807, 2.05) is 12.1 Å². The molecule has 5 amide bonds. The minimum absolute atomic E-state index is 0.0154. The largest absolute Gasteiger partial charge is 0.508 e. The van der Waals surface area contributed by atoms with Crippen LogP contribution in [0.1, 0.15) is 79.8 Å². The molecule has 15 N–H and O–H groups in total. The molecule has 0 fully saturated rings. The number of carbonyl (C=O) groups excluding carboxylic acids is 5. The molecule has 60 heavy (non-hydrogen) atoms. The Bertz CT molecular complexity index is 1820. The fraction of sp³-hybridized carbons (Fsp3) is 0.452. The molecule has 3 aromatic rings. The Labute approximate surface area is 352 Å². The molecule has 0 aromatic heterocycles. The second-order valence-corrected chi connectivity index (χ2v) is 14.8. The lowest BCUT2D eigenvalue weighted by atomic mass is 9.86. The Morgan fingerprint density at radius 3 is 1.77 bits per heavy atom. The lowest BCUT2D eigenvalue weighted by molar-refractivity contribution is -0.141. The number of hydrogen-bond donors (Lipinski definition) is 11. The Balaban J connectivity index is 1.82. The van der Waals surface area contributed by atoms with Crippen LogP contribution in [0.15, 0.2) is 72.8 Å². The highest BCUT2D eigenvalue weighted by Crippen LogP contribution is 2.22. The SMILES string of the molecule is CCCCc1ccc(-c2ccc(C(=O)N[C@@H](CCCCN)C(=O)N(C)C(Cc3ccc(O)cc3)C(=O)N[C@@H](N)C(=O)N[C@@H](CCCCN)C(=O)N[C@@H](N)B(O)O)cc2)cc1. The van der Waals surface area contributed by atoms with E-state index in [2.05, 4.69) is 52.5 Å². The fourth-order valence-corrected chi connectivity index (χ4v) is 6.39. The number of benzene rings is 3. The van der Waals surface area contributed by atoms with Crippen LogP contribution in [0.4, 0.5) is 0 Å². The first-order chi connectivity index (χ1) is 28.7. The van der Waals surface area contributed by atoms with Crippen LogP contribution in [-0.4, -0.2) is 107 Å². The smallest absolute Gasteiger partial charge is 0.490 e. The minimum atomic E-state index is -2.06. The summed E-state index contributed by atoms with van der Waals surface area (Å²) in [6.45, 7) is 2.84. The summed E-state index contributed by atoms with van der Waals surface area (Å²) in [7, 11) is -0.662. The van der Waals surface area contributed by atoms with E-state index in [-0.39, 0.29) is 25.0 Å². The molecule has 0 saturated heterocycles. The number of nitrogens with one attached hydrogen (secondary N) is 4. The summed E-state index contributed by atoms with van der Waals surface area (Å²) in [6, 6.07) is 16.3. The first kappa shape index (κ1) is 49.0. The molecule has 5 atom stereocenters. The van der Waals surface area contributed by atoms with E-state index in [0.717, 1.165) is 30.4 Å². The maximum atomic E-state index is 14.3. The van der Waals surface area contributed by atoms with Gasteiger partial charge in [0.15, 0.2) is 6.17 Å². The normalized spacial score (nSPS) is 13.5. The molecule has 0 aliphatic heterocycles. The van der Waals surface area contributed by atoms with E-state index in [1.165, 1.54) is 29.6 Å². The van der Waals surface area contributed by atoms with Crippen molar-refractivity contribution in [1.29, 1.82) is 0 Å². The summed E-state index contributed by atoms with van der Waals surface area (Å²) >= 11 is 0. The summed E-state index contributed by atoms with van der Waals surface area (Å²) in [4.78, 5) is 69.2. The van der Waals surface area contributed by atoms with Crippen molar-refractivity contribution in [1.82, 2.24) is 26.2 Å². The van der Waals surface area contributed by atoms with Crippen molar-refractivity contribution in [2.24, 2.45) is 22.9 Å². The van der Waals surface area contributed by atoms with E-state index in [9.17, 15) is 39.1 Å². The summed E-state index contributed by atoms with van der Waals surface area (Å²) in [6.07, 6.45) is 3.79. The van der Waals surface area contributed by atoms with E-state index < -0.39 is 67.0 Å². The molecular weight excluding hydrogens is 769 g/mol. The Morgan fingerprint density at radius 2 is 1.22 bits per heavy atom. The van der Waals surface area contributed by atoms with Gasteiger partial charge in [0.1, 0.15) is 29.9 Å². The van der Waals surface area contributed by atoms with E-state index in [1.54, 1.807) is 24.3 Å². The average Bonchev–Trinajstić information content (AvgIpc) is 3.24. The van der Waals surface area contributed by atoms with Crippen molar-refractivity contribution in [2.75, 3.05) is 20.1 Å². The van der Waals surface area contributed by atoms with Gasteiger partial charge in [-0.1, -0.05) is 61.9 Å². The number of nitrogens with two attached hydrogens (primary N) is 4. The summed E-state index contributed by atoms with van der Waals surface area (Å²) in [5.74, 6) is -3.68. The van der Waals surface area contributed by atoms with Gasteiger partial charge in [0.05, 0.1) is 0 Å². The van der Waals surface area contributed by atoms with Gasteiger partial charge in [-0.15, -0.1) is 0 Å². The molecule has 3 rings (SSSR count). The number of amides is 5. The molecule has 1 unspecified atom stereocenters. The second-order valence-electron chi connectivity index (χ2n) is 14.8. The molecule has 0 aliphatic rings. The Kier molecular flexibility index (Phi) is 20.7. The number of unbranched alkanes of at least 4 members (excludes halogenated alkanes) is 3. The third-order valence-corrected chi connectivity index (χ3v) is 10.1. The standard InChI is InChI=1S/C42H62BN9O8/c1-3-4-9-27-12-16-29(17-13-27)30-18-20-31(21-19-30)37(54)49-34(11-6-8-25-45)41(58)52(2)35(26-28-14-22-32(53)23-15-28)39(56)50-36(46)40(57)48-33(10-5-7-24-44)38(55)51-42(47)43(59)60/h12-23,33-36,42,53,59-60H,3-11,24-26,44-47H2,1-2H3,(H,48,57)(H,49,54)(H,50,56)(H,51,55)/t33-,34-,35?,36+,42+/m0/s1. The summed E-state index contributed by atoms with van der Waals surface area (Å²) < 4.78 is 0. The molecule has 326 valence electrons. The van der Waals surface area contributed by atoms with Gasteiger partial charge in [0.2, 0.25) is 17.7 Å². The molecule has 3 aromatic carbocycles. The Hall–Kier alpha value is -5.37. The molecule has 0 saturated carbocycles. The zero-order chi connectivity index (χ0) is 44.2. The highest BCUT2D eigenvalue weighted by Gasteiger charge is 2.35. The molecule has 18 heteroatoms. The van der Waals surface area contributed by atoms with Gasteiger partial charge in [0.25, 0.3) is 11.8 Å². The monoisotopic (exact) mass is 831 g/mol. The van der Waals surface area contributed by atoms with Crippen LogP contribution in [-0.2, 0) is 32.0 Å².